The van der Waals surface area contributed by atoms with E-state index in [2.05, 4.69) is 25.2 Å². The van der Waals surface area contributed by atoms with Crippen molar-refractivity contribution in [2.24, 2.45) is 5.41 Å². The molecular formula is C15H19ClN2O. The first kappa shape index (κ1) is 14.2. The van der Waals surface area contributed by atoms with Crippen molar-refractivity contribution in [3.8, 4) is 6.07 Å². The van der Waals surface area contributed by atoms with Crippen LogP contribution < -0.4 is 5.32 Å². The molecule has 0 aromatic heterocycles. The SMILES string of the molecule is CCOC1CC(Nc2ccc(C#N)cc2Cl)C1(C)C. The topological polar surface area (TPSA) is 45.0 Å². The van der Waals surface area contributed by atoms with Crippen LogP contribution in [0.4, 0.5) is 5.69 Å². The zero-order chi connectivity index (χ0) is 14.0. The number of anilines is 1. The predicted octanol–water partition coefficient (Wildman–Crippen LogP) is 3.83. The second-order valence-electron chi connectivity index (χ2n) is 5.50. The number of nitriles is 1. The van der Waals surface area contributed by atoms with Crippen molar-refractivity contribution in [1.82, 2.24) is 0 Å². The molecule has 102 valence electrons. The number of rotatable bonds is 4. The lowest BCUT2D eigenvalue weighted by atomic mass is 9.64. The average molecular weight is 279 g/mol. The Balaban J connectivity index is 2.06. The van der Waals surface area contributed by atoms with Gasteiger partial charge in [-0.25, -0.2) is 0 Å². The monoisotopic (exact) mass is 278 g/mol. The second kappa shape index (κ2) is 5.40. The molecule has 1 aliphatic carbocycles. The van der Waals surface area contributed by atoms with E-state index in [1.54, 1.807) is 12.1 Å². The Labute approximate surface area is 119 Å². The first-order chi connectivity index (χ1) is 8.98. The van der Waals surface area contributed by atoms with E-state index < -0.39 is 0 Å². The van der Waals surface area contributed by atoms with E-state index in [1.165, 1.54) is 0 Å². The molecule has 19 heavy (non-hydrogen) atoms. The molecule has 1 N–H and O–H groups in total. The van der Waals surface area contributed by atoms with Crippen molar-refractivity contribution < 1.29 is 4.74 Å². The van der Waals surface area contributed by atoms with Gasteiger partial charge in [0.05, 0.1) is 28.4 Å². The fourth-order valence-corrected chi connectivity index (χ4v) is 2.74. The molecule has 1 aliphatic rings. The van der Waals surface area contributed by atoms with Gasteiger partial charge in [0.25, 0.3) is 0 Å². The fourth-order valence-electron chi connectivity index (χ4n) is 2.50. The number of hydrogen-bond acceptors (Lipinski definition) is 3. The third-order valence-electron chi connectivity index (χ3n) is 3.97. The van der Waals surface area contributed by atoms with Gasteiger partial charge < -0.3 is 10.1 Å². The van der Waals surface area contributed by atoms with Gasteiger partial charge in [-0.15, -0.1) is 0 Å². The van der Waals surface area contributed by atoms with E-state index in [0.717, 1.165) is 18.7 Å². The molecule has 2 rings (SSSR count). The molecule has 1 fully saturated rings. The number of halogens is 1. The normalized spacial score (nSPS) is 24.4. The van der Waals surface area contributed by atoms with Gasteiger partial charge in [-0.1, -0.05) is 25.4 Å². The van der Waals surface area contributed by atoms with E-state index in [9.17, 15) is 0 Å². The Morgan fingerprint density at radius 2 is 2.26 bits per heavy atom. The first-order valence-electron chi connectivity index (χ1n) is 6.56. The first-order valence-corrected chi connectivity index (χ1v) is 6.94. The van der Waals surface area contributed by atoms with Crippen LogP contribution in [0.2, 0.25) is 5.02 Å². The predicted molar refractivity (Wildman–Crippen MR) is 77.4 cm³/mol. The number of nitrogens with one attached hydrogen (secondary N) is 1. The molecule has 0 bridgehead atoms. The highest BCUT2D eigenvalue weighted by molar-refractivity contribution is 6.33. The largest absolute Gasteiger partial charge is 0.380 e. The quantitative estimate of drug-likeness (QED) is 0.910. The Kier molecular flexibility index (Phi) is 4.03. The summed E-state index contributed by atoms with van der Waals surface area (Å²) in [4.78, 5) is 0. The molecule has 0 radical (unpaired) electrons. The van der Waals surface area contributed by atoms with Crippen molar-refractivity contribution in [3.63, 3.8) is 0 Å². The van der Waals surface area contributed by atoms with Gasteiger partial charge >= 0.3 is 0 Å². The molecule has 1 aromatic carbocycles. The minimum atomic E-state index is 0.0905. The number of hydrogen-bond donors (Lipinski definition) is 1. The minimum absolute atomic E-state index is 0.0905. The lowest BCUT2D eigenvalue weighted by Gasteiger charge is -2.52. The number of ether oxygens (including phenoxy) is 1. The number of nitrogens with zero attached hydrogens (tertiary/aromatic N) is 1. The summed E-state index contributed by atoms with van der Waals surface area (Å²) in [5, 5.41) is 12.9. The summed E-state index contributed by atoms with van der Waals surface area (Å²) >= 11 is 6.18. The van der Waals surface area contributed by atoms with Crippen LogP contribution in [0.3, 0.4) is 0 Å². The van der Waals surface area contributed by atoms with Crippen molar-refractivity contribution in [2.45, 2.75) is 39.3 Å². The smallest absolute Gasteiger partial charge is 0.0992 e. The second-order valence-corrected chi connectivity index (χ2v) is 5.91. The third-order valence-corrected chi connectivity index (χ3v) is 4.29. The summed E-state index contributed by atoms with van der Waals surface area (Å²) in [6, 6.07) is 7.76. The van der Waals surface area contributed by atoms with E-state index in [0.29, 0.717) is 22.7 Å². The highest BCUT2D eigenvalue weighted by Gasteiger charge is 2.48. The van der Waals surface area contributed by atoms with Gasteiger partial charge in [0.1, 0.15) is 0 Å². The van der Waals surface area contributed by atoms with Crippen LogP contribution in [-0.4, -0.2) is 18.8 Å². The maximum absolute atomic E-state index is 8.82. The Morgan fingerprint density at radius 1 is 1.53 bits per heavy atom. The van der Waals surface area contributed by atoms with Crippen LogP contribution >= 0.6 is 11.6 Å². The zero-order valence-corrected chi connectivity index (χ0v) is 12.3. The molecule has 0 heterocycles. The van der Waals surface area contributed by atoms with Crippen molar-refractivity contribution >= 4 is 17.3 Å². The van der Waals surface area contributed by atoms with Crippen LogP contribution in [0.25, 0.3) is 0 Å². The van der Waals surface area contributed by atoms with Crippen LogP contribution in [-0.2, 0) is 4.74 Å². The molecule has 4 heteroatoms. The van der Waals surface area contributed by atoms with E-state index >= 15 is 0 Å². The number of benzene rings is 1. The molecule has 1 saturated carbocycles. The zero-order valence-electron chi connectivity index (χ0n) is 11.5. The highest BCUT2D eigenvalue weighted by atomic mass is 35.5. The molecule has 3 nitrogen and oxygen atoms in total. The minimum Gasteiger partial charge on any atom is -0.380 e. The molecule has 0 aliphatic heterocycles. The van der Waals surface area contributed by atoms with Crippen molar-refractivity contribution in [1.29, 1.82) is 5.26 Å². The van der Waals surface area contributed by atoms with Gasteiger partial charge in [-0.3, -0.25) is 0 Å². The maximum Gasteiger partial charge on any atom is 0.0992 e. The molecule has 0 spiro atoms. The van der Waals surface area contributed by atoms with Gasteiger partial charge in [0.15, 0.2) is 0 Å². The van der Waals surface area contributed by atoms with Crippen LogP contribution in [0, 0.1) is 16.7 Å². The summed E-state index contributed by atoms with van der Waals surface area (Å²) in [5.74, 6) is 0. The molecule has 1 aromatic rings. The van der Waals surface area contributed by atoms with Gasteiger partial charge in [0, 0.05) is 18.1 Å². The molecule has 2 atom stereocenters. The Morgan fingerprint density at radius 3 is 2.79 bits per heavy atom. The standard InChI is InChI=1S/C15H19ClN2O/c1-4-19-14-8-13(15(14,2)3)18-12-6-5-10(9-17)7-11(12)16/h5-7,13-14,18H,4,8H2,1-3H3. The lowest BCUT2D eigenvalue weighted by Crippen LogP contribution is -2.58. The van der Waals surface area contributed by atoms with E-state index in [1.807, 2.05) is 13.0 Å². The van der Waals surface area contributed by atoms with Gasteiger partial charge in [0.2, 0.25) is 0 Å². The highest BCUT2D eigenvalue weighted by Crippen LogP contribution is 2.45. The Bertz CT molecular complexity index is 507. The van der Waals surface area contributed by atoms with Crippen LogP contribution in [0.15, 0.2) is 18.2 Å². The third kappa shape index (κ3) is 2.70. The van der Waals surface area contributed by atoms with Crippen LogP contribution in [0.5, 0.6) is 0 Å². The molecule has 2 unspecified atom stereocenters. The van der Waals surface area contributed by atoms with E-state index in [-0.39, 0.29) is 5.41 Å². The maximum atomic E-state index is 8.82. The lowest BCUT2D eigenvalue weighted by molar-refractivity contribution is -0.0975. The molecule has 0 amide bonds. The fraction of sp³-hybridized carbons (Fsp3) is 0.533. The average Bonchev–Trinajstić information content (AvgIpc) is 2.39. The van der Waals surface area contributed by atoms with Gasteiger partial charge in [-0.05, 0) is 31.5 Å². The van der Waals surface area contributed by atoms with Crippen LogP contribution in [0.1, 0.15) is 32.8 Å². The molecular weight excluding hydrogens is 260 g/mol. The summed E-state index contributed by atoms with van der Waals surface area (Å²) < 4.78 is 5.71. The summed E-state index contributed by atoms with van der Waals surface area (Å²) in [6.45, 7) is 7.17. The Hall–Kier alpha value is -1.24. The van der Waals surface area contributed by atoms with Gasteiger partial charge in [-0.2, -0.15) is 5.26 Å². The van der Waals surface area contributed by atoms with E-state index in [4.69, 9.17) is 21.6 Å². The van der Waals surface area contributed by atoms with Crippen molar-refractivity contribution in [2.75, 3.05) is 11.9 Å². The summed E-state index contributed by atoms with van der Waals surface area (Å²) in [5.41, 5.74) is 1.55. The van der Waals surface area contributed by atoms with Crippen molar-refractivity contribution in [3.05, 3.63) is 28.8 Å². The summed E-state index contributed by atoms with van der Waals surface area (Å²) in [6.07, 6.45) is 1.28. The summed E-state index contributed by atoms with van der Waals surface area (Å²) in [7, 11) is 0. The molecule has 0 saturated heterocycles.